The molecule has 1 N–H and O–H groups in total. The molecule has 0 saturated carbocycles. The van der Waals surface area contributed by atoms with E-state index in [4.69, 9.17) is 9.84 Å². The van der Waals surface area contributed by atoms with Crippen LogP contribution in [-0.4, -0.2) is 23.2 Å². The van der Waals surface area contributed by atoms with Crippen LogP contribution in [-0.2, 0) is 11.3 Å². The van der Waals surface area contributed by atoms with E-state index >= 15 is 0 Å². The van der Waals surface area contributed by atoms with Gasteiger partial charge in [-0.25, -0.2) is 18.6 Å². The molecule has 0 amide bonds. The van der Waals surface area contributed by atoms with Gasteiger partial charge in [0, 0.05) is 18.2 Å². The molecular formula is C13H11F2NO3S. The van der Waals surface area contributed by atoms with Gasteiger partial charge in [0.15, 0.2) is 0 Å². The van der Waals surface area contributed by atoms with Crippen molar-refractivity contribution in [3.8, 4) is 10.6 Å². The van der Waals surface area contributed by atoms with Gasteiger partial charge in [0.2, 0.25) is 0 Å². The number of ether oxygens (including phenoxy) is 1. The first-order valence-electron chi connectivity index (χ1n) is 5.63. The highest BCUT2D eigenvalue weighted by Crippen LogP contribution is 2.31. The van der Waals surface area contributed by atoms with E-state index in [-0.39, 0.29) is 17.0 Å². The second-order valence-corrected chi connectivity index (χ2v) is 4.96. The maximum absolute atomic E-state index is 12.7. The van der Waals surface area contributed by atoms with Crippen LogP contribution in [0.1, 0.15) is 27.4 Å². The standard InChI is InChI=1S/C13H11F2NO3S/c1-19-6-9-10(13(17)18)20-12(16-9)8-4-2-3-7(5-8)11(14)15/h2-5,11H,6H2,1H3,(H,17,18). The Morgan fingerprint density at radius 1 is 1.50 bits per heavy atom. The minimum Gasteiger partial charge on any atom is -0.477 e. The van der Waals surface area contributed by atoms with Gasteiger partial charge in [-0.15, -0.1) is 11.3 Å². The van der Waals surface area contributed by atoms with Crippen molar-refractivity contribution < 1.29 is 23.4 Å². The van der Waals surface area contributed by atoms with Crippen molar-refractivity contribution in [3.63, 3.8) is 0 Å². The monoisotopic (exact) mass is 299 g/mol. The average molecular weight is 299 g/mol. The molecule has 0 atom stereocenters. The maximum Gasteiger partial charge on any atom is 0.347 e. The highest BCUT2D eigenvalue weighted by molar-refractivity contribution is 7.17. The molecule has 0 saturated heterocycles. The molecule has 20 heavy (non-hydrogen) atoms. The number of alkyl halides is 2. The number of aromatic carboxylic acids is 1. The van der Waals surface area contributed by atoms with Crippen LogP contribution >= 0.6 is 11.3 Å². The number of hydrogen-bond acceptors (Lipinski definition) is 4. The zero-order valence-electron chi connectivity index (χ0n) is 10.5. The summed E-state index contributed by atoms with van der Waals surface area (Å²) in [5.74, 6) is -1.11. The fourth-order valence-electron chi connectivity index (χ4n) is 1.68. The summed E-state index contributed by atoms with van der Waals surface area (Å²) in [5.41, 5.74) is 0.642. The summed E-state index contributed by atoms with van der Waals surface area (Å²) >= 11 is 0.946. The van der Waals surface area contributed by atoms with Crippen LogP contribution in [0.3, 0.4) is 0 Å². The lowest BCUT2D eigenvalue weighted by Gasteiger charge is -2.01. The molecule has 2 aromatic rings. The minimum absolute atomic E-state index is 0.0595. The topological polar surface area (TPSA) is 59.4 Å². The third-order valence-electron chi connectivity index (χ3n) is 2.56. The Morgan fingerprint density at radius 2 is 2.25 bits per heavy atom. The average Bonchev–Trinajstić information content (AvgIpc) is 2.83. The number of carbonyl (C=O) groups is 1. The SMILES string of the molecule is COCc1nc(-c2cccc(C(F)F)c2)sc1C(=O)O. The Hall–Kier alpha value is -1.86. The van der Waals surface area contributed by atoms with Gasteiger partial charge in [-0.1, -0.05) is 18.2 Å². The maximum atomic E-state index is 12.7. The number of carboxylic acid groups (broad SMARTS) is 1. The lowest BCUT2D eigenvalue weighted by atomic mass is 10.1. The van der Waals surface area contributed by atoms with Crippen molar-refractivity contribution in [2.45, 2.75) is 13.0 Å². The van der Waals surface area contributed by atoms with Gasteiger partial charge in [0.1, 0.15) is 9.88 Å². The fraction of sp³-hybridized carbons (Fsp3) is 0.231. The summed E-state index contributed by atoms with van der Waals surface area (Å²) in [6, 6.07) is 5.74. The van der Waals surface area contributed by atoms with Crippen LogP contribution in [0.5, 0.6) is 0 Å². The predicted molar refractivity (Wildman–Crippen MR) is 70.2 cm³/mol. The molecule has 0 aliphatic rings. The Balaban J connectivity index is 2.45. The molecule has 1 heterocycles. The largest absolute Gasteiger partial charge is 0.477 e. The van der Waals surface area contributed by atoms with Crippen molar-refractivity contribution in [2.24, 2.45) is 0 Å². The molecule has 1 aromatic heterocycles. The van der Waals surface area contributed by atoms with Crippen LogP contribution in [0.15, 0.2) is 24.3 Å². The number of thiazole rings is 1. The van der Waals surface area contributed by atoms with Crippen molar-refractivity contribution in [3.05, 3.63) is 40.4 Å². The molecule has 0 spiro atoms. The third-order valence-corrected chi connectivity index (χ3v) is 3.69. The van der Waals surface area contributed by atoms with Gasteiger partial charge >= 0.3 is 5.97 Å². The van der Waals surface area contributed by atoms with Crippen LogP contribution < -0.4 is 0 Å². The van der Waals surface area contributed by atoms with Crippen LogP contribution in [0.4, 0.5) is 8.78 Å². The van der Waals surface area contributed by atoms with Crippen molar-refractivity contribution in [2.75, 3.05) is 7.11 Å². The first-order valence-corrected chi connectivity index (χ1v) is 6.45. The lowest BCUT2D eigenvalue weighted by molar-refractivity contribution is 0.0697. The molecule has 0 aliphatic heterocycles. The van der Waals surface area contributed by atoms with Crippen LogP contribution in [0.25, 0.3) is 10.6 Å². The number of rotatable bonds is 5. The Kier molecular flexibility index (Phi) is 4.41. The number of benzene rings is 1. The second kappa shape index (κ2) is 6.06. The zero-order valence-corrected chi connectivity index (χ0v) is 11.3. The minimum atomic E-state index is -2.58. The van der Waals surface area contributed by atoms with Crippen LogP contribution in [0.2, 0.25) is 0 Å². The molecule has 1 aromatic carbocycles. The second-order valence-electron chi connectivity index (χ2n) is 3.96. The van der Waals surface area contributed by atoms with E-state index in [0.29, 0.717) is 16.3 Å². The summed E-state index contributed by atoms with van der Waals surface area (Å²) in [4.78, 5) is 15.3. The lowest BCUT2D eigenvalue weighted by Crippen LogP contribution is -1.99. The third kappa shape index (κ3) is 3.00. The molecule has 2 rings (SSSR count). The number of halogens is 2. The summed E-state index contributed by atoms with van der Waals surface area (Å²) in [6.45, 7) is 0.0622. The number of hydrogen-bond donors (Lipinski definition) is 1. The quantitative estimate of drug-likeness (QED) is 0.916. The van der Waals surface area contributed by atoms with Crippen molar-refractivity contribution in [1.29, 1.82) is 0 Å². The Labute approximate surface area is 117 Å². The normalized spacial score (nSPS) is 11.0. The van der Waals surface area contributed by atoms with Crippen molar-refractivity contribution in [1.82, 2.24) is 4.98 Å². The van der Waals surface area contributed by atoms with E-state index in [1.807, 2.05) is 0 Å². The van der Waals surface area contributed by atoms with Gasteiger partial charge in [-0.3, -0.25) is 0 Å². The highest BCUT2D eigenvalue weighted by atomic mass is 32.1. The first kappa shape index (κ1) is 14.5. The van der Waals surface area contributed by atoms with E-state index in [2.05, 4.69) is 4.98 Å². The Morgan fingerprint density at radius 3 is 2.85 bits per heavy atom. The predicted octanol–water partition coefficient (Wildman–Crippen LogP) is 3.59. The summed E-state index contributed by atoms with van der Waals surface area (Å²) in [7, 11) is 1.43. The van der Waals surface area contributed by atoms with Crippen molar-refractivity contribution >= 4 is 17.3 Å². The summed E-state index contributed by atoms with van der Waals surface area (Å²) in [5, 5.41) is 9.48. The molecule has 106 valence electrons. The first-order chi connectivity index (χ1) is 9.52. The molecule has 4 nitrogen and oxygen atoms in total. The van der Waals surface area contributed by atoms with Gasteiger partial charge in [0.25, 0.3) is 6.43 Å². The molecule has 7 heteroatoms. The number of carboxylic acids is 1. The number of nitrogens with zero attached hydrogens (tertiary/aromatic N) is 1. The molecule has 0 aliphatic carbocycles. The van der Waals surface area contributed by atoms with E-state index in [9.17, 15) is 13.6 Å². The van der Waals surface area contributed by atoms with E-state index in [0.717, 1.165) is 11.3 Å². The molecule has 0 bridgehead atoms. The molecule has 0 fully saturated rings. The zero-order chi connectivity index (χ0) is 14.7. The summed E-state index contributed by atoms with van der Waals surface area (Å²) < 4.78 is 30.2. The van der Waals surface area contributed by atoms with E-state index < -0.39 is 12.4 Å². The number of aromatic nitrogens is 1. The Bertz CT molecular complexity index is 628. The number of methoxy groups -OCH3 is 1. The van der Waals surface area contributed by atoms with Crippen LogP contribution in [0, 0.1) is 0 Å². The van der Waals surface area contributed by atoms with Gasteiger partial charge in [-0.05, 0) is 6.07 Å². The van der Waals surface area contributed by atoms with E-state index in [1.54, 1.807) is 6.07 Å². The van der Waals surface area contributed by atoms with Gasteiger partial charge in [-0.2, -0.15) is 0 Å². The molecule has 0 radical (unpaired) electrons. The van der Waals surface area contributed by atoms with E-state index in [1.165, 1.54) is 25.3 Å². The smallest absolute Gasteiger partial charge is 0.347 e. The summed E-state index contributed by atoms with van der Waals surface area (Å²) in [6.07, 6.45) is -2.58. The fourth-order valence-corrected chi connectivity index (χ4v) is 2.59. The molecule has 0 unspecified atom stereocenters. The molecular weight excluding hydrogens is 288 g/mol. The van der Waals surface area contributed by atoms with Gasteiger partial charge in [0.05, 0.1) is 12.3 Å². The highest BCUT2D eigenvalue weighted by Gasteiger charge is 2.18. The van der Waals surface area contributed by atoms with Gasteiger partial charge < -0.3 is 9.84 Å².